The number of nitrogens with one attached hydrogen (secondary N) is 1. The lowest BCUT2D eigenvalue weighted by atomic mass is 9.74. The van der Waals surface area contributed by atoms with Gasteiger partial charge in [-0.05, 0) is 133 Å². The fraction of sp³-hybridized carbons (Fsp3) is 0.367. The number of carbonyl (C=O) groups is 1. The number of fused-ring (bicyclic) bond motifs is 2. The third-order valence-electron chi connectivity index (χ3n) is 12.4. The molecule has 2 saturated heterocycles. The van der Waals surface area contributed by atoms with Crippen LogP contribution in [0.1, 0.15) is 90.0 Å². The summed E-state index contributed by atoms with van der Waals surface area (Å²) >= 11 is 3.46. The number of benzene rings is 3. The van der Waals surface area contributed by atoms with Crippen LogP contribution in [0.15, 0.2) is 114 Å². The third-order valence-corrected chi connectivity index (χ3v) is 13.0. The van der Waals surface area contributed by atoms with E-state index in [4.69, 9.17) is 9.72 Å². The molecular weight excluding hydrogens is 828 g/mol. The highest BCUT2D eigenvalue weighted by atomic mass is 79.9. The Morgan fingerprint density at radius 1 is 0.738 bits per heavy atom. The van der Waals surface area contributed by atoms with Gasteiger partial charge in [-0.15, -0.1) is 0 Å². The summed E-state index contributed by atoms with van der Waals surface area (Å²) in [6.45, 7) is 15.7. The van der Waals surface area contributed by atoms with Crippen LogP contribution in [0.5, 0.6) is 0 Å². The monoisotopic (exact) mass is 882 g/mol. The molecule has 11 nitrogen and oxygen atoms in total. The first-order valence-corrected chi connectivity index (χ1v) is 22.0. The molecule has 2 N–H and O–H groups in total. The molecular formula is C49H55BrN8O3. The van der Waals surface area contributed by atoms with Crippen LogP contribution in [-0.4, -0.2) is 77.1 Å². The second-order valence-electron chi connectivity index (χ2n) is 18.1. The van der Waals surface area contributed by atoms with E-state index in [1.165, 1.54) is 24.0 Å². The summed E-state index contributed by atoms with van der Waals surface area (Å²) in [5.41, 5.74) is 11.3. The van der Waals surface area contributed by atoms with Crippen molar-refractivity contribution in [2.75, 3.05) is 26.2 Å². The van der Waals surface area contributed by atoms with E-state index in [1.807, 2.05) is 85.4 Å². The summed E-state index contributed by atoms with van der Waals surface area (Å²) in [6.07, 6.45) is 14.9. The smallest absolute Gasteiger partial charge is 0.410 e. The summed E-state index contributed by atoms with van der Waals surface area (Å²) in [5.74, 6) is 0. The van der Waals surface area contributed by atoms with Crippen molar-refractivity contribution in [3.63, 3.8) is 0 Å². The van der Waals surface area contributed by atoms with Crippen LogP contribution in [0.25, 0.3) is 44.7 Å². The standard InChI is InChI=1S/C26H28N4O.C23H27BrN4O2/c1-18(31)20-4-3-5-21(14-20)24-16-29-30-17-22(15-28-25(24)30)19-6-8-23(9-7-19)26(2)10-12-27-13-11-26;1-22(2,3)30-21(29)27-11-9-23(4,10-12-27)18-7-5-16(6-8-18)17-13-25-20-19(24)14-26-28(20)15-17/h3-9,14-18,27,31H,10-13H2,1-2H3;5-8,13-15H,9-12H2,1-4H3. The van der Waals surface area contributed by atoms with Crippen molar-refractivity contribution < 1.29 is 14.6 Å². The van der Waals surface area contributed by atoms with Gasteiger partial charge in [-0.1, -0.05) is 80.6 Å². The van der Waals surface area contributed by atoms with Gasteiger partial charge in [0.2, 0.25) is 0 Å². The van der Waals surface area contributed by atoms with Crippen LogP contribution in [0.2, 0.25) is 0 Å². The topological polar surface area (TPSA) is 122 Å². The average molecular weight is 884 g/mol. The molecule has 316 valence electrons. The predicted molar refractivity (Wildman–Crippen MR) is 244 cm³/mol. The minimum atomic E-state index is -0.503. The van der Waals surface area contributed by atoms with Gasteiger partial charge in [-0.3, -0.25) is 0 Å². The molecule has 61 heavy (non-hydrogen) atoms. The van der Waals surface area contributed by atoms with Gasteiger partial charge in [0.15, 0.2) is 11.3 Å². The number of carbonyl (C=O) groups excluding carboxylic acids is 1. The summed E-state index contributed by atoms with van der Waals surface area (Å²) in [6, 6.07) is 25.5. The number of halogens is 1. The van der Waals surface area contributed by atoms with Crippen LogP contribution in [-0.2, 0) is 15.6 Å². The van der Waals surface area contributed by atoms with E-state index < -0.39 is 11.7 Å². The Bertz CT molecular complexity index is 2630. The highest BCUT2D eigenvalue weighted by Crippen LogP contribution is 2.37. The molecule has 0 radical (unpaired) electrons. The van der Waals surface area contributed by atoms with E-state index in [1.54, 1.807) is 17.6 Å². The second-order valence-corrected chi connectivity index (χ2v) is 18.9. The maximum Gasteiger partial charge on any atom is 0.410 e. The Morgan fingerprint density at radius 3 is 1.85 bits per heavy atom. The Labute approximate surface area is 366 Å². The normalized spacial score (nSPS) is 16.8. The molecule has 1 atom stereocenters. The van der Waals surface area contributed by atoms with E-state index in [-0.39, 0.29) is 16.9 Å². The first kappa shape index (κ1) is 42.3. The number of ether oxygens (including phenoxy) is 1. The van der Waals surface area contributed by atoms with Crippen molar-refractivity contribution in [3.8, 4) is 33.4 Å². The number of amides is 1. The minimum absolute atomic E-state index is 0.0477. The molecule has 0 aliphatic carbocycles. The van der Waals surface area contributed by atoms with Gasteiger partial charge in [-0.25, -0.2) is 23.8 Å². The lowest BCUT2D eigenvalue weighted by molar-refractivity contribution is 0.0172. The van der Waals surface area contributed by atoms with Gasteiger partial charge in [0.25, 0.3) is 0 Å². The Balaban J connectivity index is 0.000000169. The number of aliphatic hydroxyl groups excluding tert-OH is 1. The molecule has 0 saturated carbocycles. The van der Waals surface area contributed by atoms with E-state index in [2.05, 4.69) is 98.8 Å². The lowest BCUT2D eigenvalue weighted by Crippen LogP contribution is -2.45. The van der Waals surface area contributed by atoms with Crippen LogP contribution in [0.3, 0.4) is 0 Å². The number of aromatic nitrogens is 6. The van der Waals surface area contributed by atoms with Crippen LogP contribution in [0.4, 0.5) is 4.79 Å². The van der Waals surface area contributed by atoms with Gasteiger partial charge < -0.3 is 20.1 Å². The van der Waals surface area contributed by atoms with Gasteiger partial charge in [0.05, 0.1) is 23.0 Å². The molecule has 6 heterocycles. The zero-order valence-corrected chi connectivity index (χ0v) is 37.5. The van der Waals surface area contributed by atoms with Crippen molar-refractivity contribution in [2.24, 2.45) is 0 Å². The molecule has 4 aromatic heterocycles. The van der Waals surface area contributed by atoms with Gasteiger partial charge in [0.1, 0.15) is 5.60 Å². The first-order chi connectivity index (χ1) is 29.2. The molecule has 2 aliphatic heterocycles. The highest BCUT2D eigenvalue weighted by molar-refractivity contribution is 9.10. The molecule has 2 aliphatic rings. The van der Waals surface area contributed by atoms with Gasteiger partial charge >= 0.3 is 6.09 Å². The molecule has 9 rings (SSSR count). The Hall–Kier alpha value is -5.43. The minimum Gasteiger partial charge on any atom is -0.444 e. The third kappa shape index (κ3) is 9.27. The highest BCUT2D eigenvalue weighted by Gasteiger charge is 2.35. The second kappa shape index (κ2) is 17.1. The van der Waals surface area contributed by atoms with Crippen LogP contribution >= 0.6 is 15.9 Å². The predicted octanol–water partition coefficient (Wildman–Crippen LogP) is 10.2. The number of piperidine rings is 2. The average Bonchev–Trinajstić information content (AvgIpc) is 3.86. The van der Waals surface area contributed by atoms with Gasteiger partial charge in [-0.2, -0.15) is 10.2 Å². The zero-order valence-electron chi connectivity index (χ0n) is 35.9. The lowest BCUT2D eigenvalue weighted by Gasteiger charge is -2.40. The van der Waals surface area contributed by atoms with Crippen molar-refractivity contribution in [1.29, 1.82) is 0 Å². The number of rotatable bonds is 6. The Kier molecular flexibility index (Phi) is 11.9. The molecule has 12 heteroatoms. The zero-order chi connectivity index (χ0) is 42.9. The number of aliphatic hydroxyl groups is 1. The molecule has 1 amide bonds. The SMILES string of the molecule is CC(C)(C)OC(=O)N1CCC(C)(c2ccc(-c3cnc4c(Br)cnn4c3)cc2)CC1.CC(O)c1cccc(-c2cnn3cc(-c4ccc(C5(C)CCNCC5)cc4)cnc23)c1. The van der Waals surface area contributed by atoms with Crippen molar-refractivity contribution in [2.45, 2.75) is 89.8 Å². The van der Waals surface area contributed by atoms with E-state index in [0.29, 0.717) is 13.1 Å². The van der Waals surface area contributed by atoms with Crippen molar-refractivity contribution in [3.05, 3.63) is 131 Å². The van der Waals surface area contributed by atoms with Crippen molar-refractivity contribution in [1.82, 2.24) is 39.4 Å². The largest absolute Gasteiger partial charge is 0.444 e. The summed E-state index contributed by atoms with van der Waals surface area (Å²) in [4.78, 5) is 23.4. The number of likely N-dealkylation sites (tertiary alicyclic amines) is 1. The maximum absolute atomic E-state index is 12.3. The molecule has 7 aromatic rings. The maximum atomic E-state index is 12.3. The number of nitrogens with zero attached hydrogens (tertiary/aromatic N) is 7. The molecule has 2 fully saturated rings. The summed E-state index contributed by atoms with van der Waals surface area (Å²) in [5, 5.41) is 22.2. The summed E-state index contributed by atoms with van der Waals surface area (Å²) in [7, 11) is 0. The van der Waals surface area contributed by atoms with Gasteiger partial charge in [0, 0.05) is 54.6 Å². The first-order valence-electron chi connectivity index (χ1n) is 21.2. The molecule has 1 unspecified atom stereocenters. The van der Waals surface area contributed by atoms with E-state index >= 15 is 0 Å². The van der Waals surface area contributed by atoms with Crippen LogP contribution in [0, 0.1) is 0 Å². The number of hydrogen-bond acceptors (Lipinski definition) is 8. The molecule has 0 spiro atoms. The summed E-state index contributed by atoms with van der Waals surface area (Å²) < 4.78 is 10.0. The molecule has 0 bridgehead atoms. The molecule has 3 aromatic carbocycles. The van der Waals surface area contributed by atoms with E-state index in [9.17, 15) is 9.90 Å². The quantitative estimate of drug-likeness (QED) is 0.169. The van der Waals surface area contributed by atoms with Crippen molar-refractivity contribution >= 4 is 33.3 Å². The Morgan fingerprint density at radius 2 is 1.28 bits per heavy atom. The fourth-order valence-corrected chi connectivity index (χ4v) is 8.76. The fourth-order valence-electron chi connectivity index (χ4n) is 8.38. The van der Waals surface area contributed by atoms with E-state index in [0.717, 1.165) is 80.6 Å². The van der Waals surface area contributed by atoms with Crippen LogP contribution < -0.4 is 5.32 Å². The number of hydrogen-bond donors (Lipinski definition) is 2.